The summed E-state index contributed by atoms with van der Waals surface area (Å²) in [6.45, 7) is 12.9. The molecular formula is C13H23NO. The monoisotopic (exact) mass is 209 g/mol. The fourth-order valence-electron chi connectivity index (χ4n) is 1.14. The minimum Gasteiger partial charge on any atom is -0.383 e. The zero-order valence-electron chi connectivity index (χ0n) is 10.4. The molecule has 0 radical (unpaired) electrons. The molecule has 0 aliphatic rings. The lowest BCUT2D eigenvalue weighted by Crippen LogP contribution is -2.25. The molecule has 0 saturated carbocycles. The first-order valence-electron chi connectivity index (χ1n) is 5.39. The maximum absolute atomic E-state index is 5.05. The van der Waals surface area contributed by atoms with E-state index in [-0.39, 0.29) is 0 Å². The number of ether oxygens (including phenoxy) is 1. The van der Waals surface area contributed by atoms with Gasteiger partial charge in [-0.2, -0.15) is 0 Å². The highest BCUT2D eigenvalue weighted by Crippen LogP contribution is 2.05. The second-order valence-corrected chi connectivity index (χ2v) is 3.43. The molecule has 0 N–H and O–H groups in total. The molecule has 0 aromatic carbocycles. The fourth-order valence-corrected chi connectivity index (χ4v) is 1.14. The Balaban J connectivity index is 4.21. The average molecular weight is 209 g/mol. The molecule has 0 amide bonds. The lowest BCUT2D eigenvalue weighted by atomic mass is 10.2. The third-order valence-corrected chi connectivity index (χ3v) is 2.35. The molecule has 0 aromatic heterocycles. The zero-order valence-corrected chi connectivity index (χ0v) is 10.4. The first-order valence-corrected chi connectivity index (χ1v) is 5.39. The largest absolute Gasteiger partial charge is 0.383 e. The number of hydrogen-bond donors (Lipinski definition) is 0. The summed E-state index contributed by atoms with van der Waals surface area (Å²) in [5.41, 5.74) is 2.29. The molecule has 0 fully saturated rings. The van der Waals surface area contributed by atoms with Crippen molar-refractivity contribution in [1.29, 1.82) is 0 Å². The lowest BCUT2D eigenvalue weighted by Gasteiger charge is -2.22. The van der Waals surface area contributed by atoms with Crippen LogP contribution in [0.3, 0.4) is 0 Å². The Morgan fingerprint density at radius 2 is 2.07 bits per heavy atom. The van der Waals surface area contributed by atoms with E-state index in [1.807, 2.05) is 6.92 Å². The summed E-state index contributed by atoms with van der Waals surface area (Å²) in [7, 11) is 1.72. The second kappa shape index (κ2) is 8.30. The Bertz CT molecular complexity index is 241. The van der Waals surface area contributed by atoms with Crippen LogP contribution in [0.4, 0.5) is 0 Å². The van der Waals surface area contributed by atoms with E-state index in [9.17, 15) is 0 Å². The second-order valence-electron chi connectivity index (χ2n) is 3.43. The van der Waals surface area contributed by atoms with E-state index in [0.29, 0.717) is 0 Å². The van der Waals surface area contributed by atoms with Crippen LogP contribution in [0.5, 0.6) is 0 Å². The quantitative estimate of drug-likeness (QED) is 0.598. The van der Waals surface area contributed by atoms with Gasteiger partial charge in [0.05, 0.1) is 6.61 Å². The normalized spacial score (nSPS) is 12.1. The fraction of sp³-hybridized carbons (Fsp3) is 0.538. The van der Waals surface area contributed by atoms with Crippen LogP contribution in [0.1, 0.15) is 20.8 Å². The first kappa shape index (κ1) is 14.0. The number of hydrogen-bond acceptors (Lipinski definition) is 2. The Kier molecular flexibility index (Phi) is 7.74. The summed E-state index contributed by atoms with van der Waals surface area (Å²) in [6, 6.07) is 0. The van der Waals surface area contributed by atoms with Crippen LogP contribution >= 0.6 is 0 Å². The van der Waals surface area contributed by atoms with Gasteiger partial charge in [0.1, 0.15) is 0 Å². The van der Waals surface area contributed by atoms with Gasteiger partial charge in [-0.25, -0.2) is 0 Å². The van der Waals surface area contributed by atoms with Crippen molar-refractivity contribution >= 4 is 0 Å². The third kappa shape index (κ3) is 6.13. The Morgan fingerprint density at radius 3 is 2.53 bits per heavy atom. The Labute approximate surface area is 93.9 Å². The highest BCUT2D eigenvalue weighted by molar-refractivity contribution is 5.23. The lowest BCUT2D eigenvalue weighted by molar-refractivity contribution is 0.168. The van der Waals surface area contributed by atoms with Gasteiger partial charge in [-0.05, 0) is 26.8 Å². The predicted molar refractivity (Wildman–Crippen MR) is 66.8 cm³/mol. The SMILES string of the molecule is C=C(/C=C\C(C)=C/C)N(CC)CCOC. The Morgan fingerprint density at radius 1 is 1.40 bits per heavy atom. The van der Waals surface area contributed by atoms with Crippen molar-refractivity contribution in [2.45, 2.75) is 20.8 Å². The van der Waals surface area contributed by atoms with Gasteiger partial charge in [-0.3, -0.25) is 0 Å². The van der Waals surface area contributed by atoms with E-state index in [1.54, 1.807) is 7.11 Å². The van der Waals surface area contributed by atoms with Crippen molar-refractivity contribution in [2.24, 2.45) is 0 Å². The highest BCUT2D eigenvalue weighted by Gasteiger charge is 2.01. The van der Waals surface area contributed by atoms with E-state index < -0.39 is 0 Å². The predicted octanol–water partition coefficient (Wildman–Crippen LogP) is 2.99. The van der Waals surface area contributed by atoms with Crippen LogP contribution in [0.25, 0.3) is 0 Å². The van der Waals surface area contributed by atoms with Gasteiger partial charge in [0.2, 0.25) is 0 Å². The van der Waals surface area contributed by atoms with E-state index >= 15 is 0 Å². The van der Waals surface area contributed by atoms with Crippen LogP contribution in [0, 0.1) is 0 Å². The van der Waals surface area contributed by atoms with Crippen LogP contribution in [0.15, 0.2) is 36.1 Å². The van der Waals surface area contributed by atoms with Gasteiger partial charge in [0.15, 0.2) is 0 Å². The summed E-state index contributed by atoms with van der Waals surface area (Å²) >= 11 is 0. The topological polar surface area (TPSA) is 12.5 Å². The number of likely N-dealkylation sites (N-methyl/N-ethyl adjacent to an activating group) is 1. The molecule has 15 heavy (non-hydrogen) atoms. The molecule has 86 valence electrons. The third-order valence-electron chi connectivity index (χ3n) is 2.35. The highest BCUT2D eigenvalue weighted by atomic mass is 16.5. The summed E-state index contributed by atoms with van der Waals surface area (Å²) in [6.07, 6.45) is 6.21. The molecule has 2 heteroatoms. The van der Waals surface area contributed by atoms with Crippen LogP contribution in [-0.4, -0.2) is 31.7 Å². The van der Waals surface area contributed by atoms with Crippen LogP contribution in [0.2, 0.25) is 0 Å². The number of allylic oxidation sites excluding steroid dienone is 4. The van der Waals surface area contributed by atoms with Crippen molar-refractivity contribution < 1.29 is 4.74 Å². The van der Waals surface area contributed by atoms with E-state index in [0.717, 1.165) is 25.4 Å². The maximum Gasteiger partial charge on any atom is 0.0637 e. The molecule has 0 heterocycles. The summed E-state index contributed by atoms with van der Waals surface area (Å²) < 4.78 is 5.05. The van der Waals surface area contributed by atoms with Crippen molar-refractivity contribution in [3.63, 3.8) is 0 Å². The minimum atomic E-state index is 0.739. The molecule has 0 saturated heterocycles. The van der Waals surface area contributed by atoms with Crippen molar-refractivity contribution in [2.75, 3.05) is 26.8 Å². The summed E-state index contributed by atoms with van der Waals surface area (Å²) in [5.74, 6) is 0. The minimum absolute atomic E-state index is 0.739. The van der Waals surface area contributed by atoms with Crippen molar-refractivity contribution in [3.05, 3.63) is 36.1 Å². The van der Waals surface area contributed by atoms with Crippen LogP contribution in [-0.2, 0) is 4.74 Å². The number of nitrogens with zero attached hydrogens (tertiary/aromatic N) is 1. The number of methoxy groups -OCH3 is 1. The maximum atomic E-state index is 5.05. The molecule has 0 aromatic rings. The zero-order chi connectivity index (χ0) is 11.7. The molecule has 0 bridgehead atoms. The molecule has 2 nitrogen and oxygen atoms in total. The smallest absolute Gasteiger partial charge is 0.0637 e. The first-order chi connectivity index (χ1) is 7.15. The van der Waals surface area contributed by atoms with E-state index in [4.69, 9.17) is 4.74 Å². The number of rotatable bonds is 7. The van der Waals surface area contributed by atoms with Crippen molar-refractivity contribution in [1.82, 2.24) is 4.90 Å². The van der Waals surface area contributed by atoms with Gasteiger partial charge in [-0.1, -0.05) is 24.3 Å². The molecule has 0 spiro atoms. The molecular weight excluding hydrogens is 186 g/mol. The van der Waals surface area contributed by atoms with Crippen LogP contribution < -0.4 is 0 Å². The molecule has 0 aliphatic carbocycles. The summed E-state index contributed by atoms with van der Waals surface area (Å²) in [4.78, 5) is 2.20. The average Bonchev–Trinajstić information content (AvgIpc) is 2.26. The van der Waals surface area contributed by atoms with Gasteiger partial charge >= 0.3 is 0 Å². The van der Waals surface area contributed by atoms with Gasteiger partial charge in [0.25, 0.3) is 0 Å². The van der Waals surface area contributed by atoms with Gasteiger partial charge in [0, 0.05) is 25.9 Å². The molecule has 0 atom stereocenters. The van der Waals surface area contributed by atoms with Crippen molar-refractivity contribution in [3.8, 4) is 0 Å². The van der Waals surface area contributed by atoms with E-state index in [2.05, 4.69) is 43.6 Å². The molecule has 0 unspecified atom stereocenters. The van der Waals surface area contributed by atoms with E-state index in [1.165, 1.54) is 5.57 Å². The standard InChI is InChI=1S/C13H23NO/c1-6-12(3)8-9-13(4)14(7-2)10-11-15-5/h6,8-9H,4,7,10-11H2,1-3,5H3/b9-8-,12-6-. The van der Waals surface area contributed by atoms with Gasteiger partial charge < -0.3 is 9.64 Å². The Hall–Kier alpha value is -1.02. The van der Waals surface area contributed by atoms with Gasteiger partial charge in [-0.15, -0.1) is 0 Å². The summed E-state index contributed by atoms with van der Waals surface area (Å²) in [5, 5.41) is 0. The molecule has 0 rings (SSSR count). The molecule has 0 aliphatic heterocycles.